The molecule has 0 aromatic heterocycles. The van der Waals surface area contributed by atoms with Crippen LogP contribution in [0, 0.1) is 10.1 Å². The molecule has 0 aliphatic carbocycles. The van der Waals surface area contributed by atoms with Gasteiger partial charge in [-0.3, -0.25) is 25.7 Å². The van der Waals surface area contributed by atoms with Gasteiger partial charge in [-0.25, -0.2) is 5.43 Å². The lowest BCUT2D eigenvalue weighted by atomic mass is 10.1. The van der Waals surface area contributed by atoms with Crippen molar-refractivity contribution in [3.63, 3.8) is 0 Å². The normalized spacial score (nSPS) is 25.6. The topological polar surface area (TPSA) is 96.3 Å². The van der Waals surface area contributed by atoms with E-state index in [2.05, 4.69) is 16.2 Å². The summed E-state index contributed by atoms with van der Waals surface area (Å²) in [5.74, 6) is -0.207. The highest BCUT2D eigenvalue weighted by Crippen LogP contribution is 2.07. The molecule has 84 valence electrons. The number of carbonyl (C=O) groups is 1. The Bertz CT molecular complexity index is 302. The molecule has 1 amide bonds. The lowest BCUT2D eigenvalue weighted by Crippen LogP contribution is -2.55. The third-order valence-electron chi connectivity index (χ3n) is 2.11. The third kappa shape index (κ3) is 3.30. The molecule has 0 spiro atoms. The summed E-state index contributed by atoms with van der Waals surface area (Å²) in [5.41, 5.74) is 5.94. The van der Waals surface area contributed by atoms with Crippen LogP contribution in [0.25, 0.3) is 0 Å². The van der Waals surface area contributed by atoms with Crippen LogP contribution in [0.2, 0.25) is 0 Å². The van der Waals surface area contributed by atoms with Gasteiger partial charge in [0.2, 0.25) is 11.9 Å². The van der Waals surface area contributed by atoms with Crippen LogP contribution in [-0.4, -0.2) is 29.6 Å². The van der Waals surface area contributed by atoms with Crippen molar-refractivity contribution in [2.45, 2.75) is 26.1 Å². The summed E-state index contributed by atoms with van der Waals surface area (Å²) in [6.45, 7) is 3.40. The molecule has 0 saturated heterocycles. The molecule has 0 aromatic rings. The average molecular weight is 214 g/mol. The van der Waals surface area contributed by atoms with Crippen molar-refractivity contribution < 1.29 is 9.72 Å². The van der Waals surface area contributed by atoms with Gasteiger partial charge in [-0.2, -0.15) is 0 Å². The Balaban J connectivity index is 2.54. The SMILES string of the molecule is CC(=O)NNC1NCC([N+](=O)[O-])C=C1C. The predicted molar refractivity (Wildman–Crippen MR) is 53.3 cm³/mol. The number of hydrogen-bond donors (Lipinski definition) is 3. The van der Waals surface area contributed by atoms with Gasteiger partial charge in [0.25, 0.3) is 0 Å². The average Bonchev–Trinajstić information content (AvgIpc) is 2.15. The van der Waals surface area contributed by atoms with E-state index >= 15 is 0 Å². The monoisotopic (exact) mass is 214 g/mol. The maximum atomic E-state index is 10.6. The Hall–Kier alpha value is -1.47. The standard InChI is InChI=1S/C8H14N4O3/c1-5-3-7(12(14)15)4-9-8(5)11-10-6(2)13/h3,7-9,11H,4H2,1-2H3,(H,10,13). The molecule has 0 aromatic carbocycles. The molecule has 0 bridgehead atoms. The first kappa shape index (κ1) is 11.6. The van der Waals surface area contributed by atoms with Gasteiger partial charge in [-0.1, -0.05) is 0 Å². The first-order chi connectivity index (χ1) is 7.00. The first-order valence-electron chi connectivity index (χ1n) is 4.58. The van der Waals surface area contributed by atoms with Gasteiger partial charge in [-0.15, -0.1) is 0 Å². The Morgan fingerprint density at radius 1 is 1.73 bits per heavy atom. The minimum atomic E-state index is -0.694. The fourth-order valence-corrected chi connectivity index (χ4v) is 1.33. The van der Waals surface area contributed by atoms with Crippen LogP contribution < -0.4 is 16.2 Å². The lowest BCUT2D eigenvalue weighted by Gasteiger charge is -2.25. The minimum absolute atomic E-state index is 0.207. The fourth-order valence-electron chi connectivity index (χ4n) is 1.33. The number of amides is 1. The maximum Gasteiger partial charge on any atom is 0.243 e. The van der Waals surface area contributed by atoms with Gasteiger partial charge < -0.3 is 0 Å². The summed E-state index contributed by atoms with van der Waals surface area (Å²) < 4.78 is 0. The number of hydrogen-bond acceptors (Lipinski definition) is 5. The van der Waals surface area contributed by atoms with Gasteiger partial charge in [0.1, 0.15) is 0 Å². The Morgan fingerprint density at radius 2 is 2.40 bits per heavy atom. The van der Waals surface area contributed by atoms with E-state index < -0.39 is 6.04 Å². The number of nitro groups is 1. The molecule has 7 heteroatoms. The van der Waals surface area contributed by atoms with E-state index in [0.717, 1.165) is 5.57 Å². The highest BCUT2D eigenvalue weighted by Gasteiger charge is 2.25. The van der Waals surface area contributed by atoms with Gasteiger partial charge in [0, 0.05) is 11.8 Å². The summed E-state index contributed by atoms with van der Waals surface area (Å²) >= 11 is 0. The molecule has 2 atom stereocenters. The first-order valence-corrected chi connectivity index (χ1v) is 4.58. The number of carbonyl (C=O) groups excluding carboxylic acids is 1. The van der Waals surface area contributed by atoms with Gasteiger partial charge in [0.05, 0.1) is 12.7 Å². The quantitative estimate of drug-likeness (QED) is 0.323. The van der Waals surface area contributed by atoms with Crippen LogP contribution in [0.15, 0.2) is 11.6 Å². The lowest BCUT2D eigenvalue weighted by molar-refractivity contribution is -0.508. The summed E-state index contributed by atoms with van der Waals surface area (Å²) in [6, 6.07) is -0.694. The summed E-state index contributed by atoms with van der Waals surface area (Å²) in [6.07, 6.45) is 1.33. The highest BCUT2D eigenvalue weighted by molar-refractivity contribution is 5.72. The molecule has 0 radical (unpaired) electrons. The number of nitrogens with zero attached hydrogens (tertiary/aromatic N) is 1. The number of rotatable bonds is 3. The van der Waals surface area contributed by atoms with E-state index in [-0.39, 0.29) is 23.5 Å². The van der Waals surface area contributed by atoms with E-state index in [9.17, 15) is 14.9 Å². The molecule has 2 unspecified atom stereocenters. The molecular weight excluding hydrogens is 200 g/mol. The molecule has 1 heterocycles. The predicted octanol–water partition coefficient (Wildman–Crippen LogP) is -0.852. The van der Waals surface area contributed by atoms with Crippen molar-refractivity contribution in [1.82, 2.24) is 16.2 Å². The van der Waals surface area contributed by atoms with Crippen LogP contribution in [0.5, 0.6) is 0 Å². The molecule has 7 nitrogen and oxygen atoms in total. The van der Waals surface area contributed by atoms with Crippen molar-refractivity contribution >= 4 is 5.91 Å². The molecule has 1 aliphatic rings. The third-order valence-corrected chi connectivity index (χ3v) is 2.11. The molecule has 1 aliphatic heterocycles. The number of hydrazine groups is 1. The van der Waals surface area contributed by atoms with E-state index in [0.29, 0.717) is 0 Å². The van der Waals surface area contributed by atoms with Crippen molar-refractivity contribution in [1.29, 1.82) is 0 Å². The Labute approximate surface area is 87.0 Å². The van der Waals surface area contributed by atoms with Crippen LogP contribution in [0.1, 0.15) is 13.8 Å². The zero-order valence-corrected chi connectivity index (χ0v) is 8.61. The van der Waals surface area contributed by atoms with E-state index in [1.807, 2.05) is 0 Å². The zero-order valence-electron chi connectivity index (χ0n) is 8.61. The molecule has 1 rings (SSSR count). The van der Waals surface area contributed by atoms with E-state index in [1.54, 1.807) is 13.0 Å². The zero-order chi connectivity index (χ0) is 11.4. The van der Waals surface area contributed by atoms with Crippen LogP contribution in [0.3, 0.4) is 0 Å². The highest BCUT2D eigenvalue weighted by atomic mass is 16.6. The van der Waals surface area contributed by atoms with Crippen molar-refractivity contribution in [2.75, 3.05) is 6.54 Å². The summed E-state index contributed by atoms with van der Waals surface area (Å²) in [4.78, 5) is 20.8. The van der Waals surface area contributed by atoms with E-state index in [4.69, 9.17) is 0 Å². The van der Waals surface area contributed by atoms with Crippen molar-refractivity contribution in [3.8, 4) is 0 Å². The van der Waals surface area contributed by atoms with Crippen molar-refractivity contribution in [2.24, 2.45) is 0 Å². The Kier molecular flexibility index (Phi) is 3.75. The molecular formula is C8H14N4O3. The molecule has 0 fully saturated rings. The second-order valence-electron chi connectivity index (χ2n) is 3.43. The summed E-state index contributed by atoms with van der Waals surface area (Å²) in [7, 11) is 0. The number of nitrogens with one attached hydrogen (secondary N) is 3. The van der Waals surface area contributed by atoms with Crippen LogP contribution >= 0.6 is 0 Å². The van der Waals surface area contributed by atoms with Gasteiger partial charge >= 0.3 is 0 Å². The maximum absolute atomic E-state index is 10.6. The van der Waals surface area contributed by atoms with Crippen LogP contribution in [-0.2, 0) is 4.79 Å². The van der Waals surface area contributed by atoms with Crippen molar-refractivity contribution in [3.05, 3.63) is 21.8 Å². The molecule has 3 N–H and O–H groups in total. The smallest absolute Gasteiger partial charge is 0.243 e. The fraction of sp³-hybridized carbons (Fsp3) is 0.625. The molecule has 0 saturated carbocycles. The Morgan fingerprint density at radius 3 is 2.87 bits per heavy atom. The molecule has 15 heavy (non-hydrogen) atoms. The van der Waals surface area contributed by atoms with Gasteiger partial charge in [0.15, 0.2) is 0 Å². The summed E-state index contributed by atoms with van der Waals surface area (Å²) in [5, 5.41) is 13.4. The second-order valence-corrected chi connectivity index (χ2v) is 3.43. The largest absolute Gasteiger partial charge is 0.290 e. The van der Waals surface area contributed by atoms with E-state index in [1.165, 1.54) is 6.92 Å². The van der Waals surface area contributed by atoms with Crippen LogP contribution in [0.4, 0.5) is 0 Å². The minimum Gasteiger partial charge on any atom is -0.290 e. The second kappa shape index (κ2) is 4.85. The van der Waals surface area contributed by atoms with Gasteiger partial charge in [-0.05, 0) is 18.6 Å².